The number of benzene rings is 1. The van der Waals surface area contributed by atoms with Gasteiger partial charge in [0.25, 0.3) is 11.8 Å². The molecule has 0 saturated heterocycles. The SMILES string of the molecule is CCCc1c(C(=O)NNC(=O)c2cc(-c3ccccc3)n[nH]2)[nH]c(C)c1C(=O)OC. The number of aryl methyl sites for hydroxylation is 1. The van der Waals surface area contributed by atoms with E-state index in [1.165, 1.54) is 7.11 Å². The molecule has 0 aliphatic rings. The monoisotopic (exact) mass is 409 g/mol. The van der Waals surface area contributed by atoms with Crippen LogP contribution in [-0.4, -0.2) is 40.1 Å². The van der Waals surface area contributed by atoms with Crippen molar-refractivity contribution in [2.24, 2.45) is 0 Å². The zero-order valence-corrected chi connectivity index (χ0v) is 17.0. The fourth-order valence-electron chi connectivity index (χ4n) is 3.19. The minimum absolute atomic E-state index is 0.195. The number of methoxy groups -OCH3 is 1. The van der Waals surface area contributed by atoms with Gasteiger partial charge in [0.15, 0.2) is 0 Å². The molecule has 2 aromatic heterocycles. The lowest BCUT2D eigenvalue weighted by Gasteiger charge is -2.08. The van der Waals surface area contributed by atoms with Crippen LogP contribution in [0.5, 0.6) is 0 Å². The highest BCUT2D eigenvalue weighted by molar-refractivity contribution is 6.02. The van der Waals surface area contributed by atoms with Crippen LogP contribution in [0.25, 0.3) is 11.3 Å². The number of hydrogen-bond donors (Lipinski definition) is 4. The van der Waals surface area contributed by atoms with Gasteiger partial charge in [-0.3, -0.25) is 25.5 Å². The summed E-state index contributed by atoms with van der Waals surface area (Å²) in [5.74, 6) is -1.62. The van der Waals surface area contributed by atoms with Gasteiger partial charge in [-0.1, -0.05) is 43.7 Å². The van der Waals surface area contributed by atoms with Gasteiger partial charge in [0, 0.05) is 11.3 Å². The van der Waals surface area contributed by atoms with E-state index in [1.807, 2.05) is 37.3 Å². The third-order valence-electron chi connectivity index (χ3n) is 4.59. The van der Waals surface area contributed by atoms with Gasteiger partial charge in [0.05, 0.1) is 18.4 Å². The van der Waals surface area contributed by atoms with Gasteiger partial charge in [0.2, 0.25) is 0 Å². The number of H-pyrrole nitrogens is 2. The third kappa shape index (κ3) is 4.24. The molecule has 0 unspecified atom stereocenters. The summed E-state index contributed by atoms with van der Waals surface area (Å²) in [5.41, 5.74) is 8.04. The molecule has 9 heteroatoms. The van der Waals surface area contributed by atoms with Crippen LogP contribution in [0.4, 0.5) is 0 Å². The van der Waals surface area contributed by atoms with Gasteiger partial charge in [-0.2, -0.15) is 5.10 Å². The van der Waals surface area contributed by atoms with Crippen molar-refractivity contribution in [2.75, 3.05) is 7.11 Å². The second kappa shape index (κ2) is 9.08. The molecule has 2 amide bonds. The maximum Gasteiger partial charge on any atom is 0.339 e. The van der Waals surface area contributed by atoms with Gasteiger partial charge < -0.3 is 9.72 Å². The van der Waals surface area contributed by atoms with E-state index in [0.29, 0.717) is 28.9 Å². The van der Waals surface area contributed by atoms with Gasteiger partial charge in [-0.05, 0) is 25.0 Å². The molecule has 0 spiro atoms. The molecule has 2 heterocycles. The van der Waals surface area contributed by atoms with Gasteiger partial charge in [-0.25, -0.2) is 4.79 Å². The van der Waals surface area contributed by atoms with Crippen LogP contribution in [0.3, 0.4) is 0 Å². The van der Waals surface area contributed by atoms with Crippen molar-refractivity contribution in [3.05, 3.63) is 64.6 Å². The highest BCUT2D eigenvalue weighted by Crippen LogP contribution is 2.22. The number of aromatic amines is 2. The largest absolute Gasteiger partial charge is 0.465 e. The summed E-state index contributed by atoms with van der Waals surface area (Å²) >= 11 is 0. The highest BCUT2D eigenvalue weighted by atomic mass is 16.5. The van der Waals surface area contributed by atoms with Gasteiger partial charge in [0.1, 0.15) is 11.4 Å². The summed E-state index contributed by atoms with van der Waals surface area (Å²) in [4.78, 5) is 40.0. The number of carbonyl (C=O) groups excluding carboxylic acids is 3. The Morgan fingerprint density at radius 1 is 1.10 bits per heavy atom. The van der Waals surface area contributed by atoms with Crippen LogP contribution < -0.4 is 10.9 Å². The third-order valence-corrected chi connectivity index (χ3v) is 4.59. The number of hydrazine groups is 1. The number of rotatable bonds is 6. The average Bonchev–Trinajstić information content (AvgIpc) is 3.37. The molecular formula is C21H23N5O4. The maximum absolute atomic E-state index is 12.6. The predicted molar refractivity (Wildman–Crippen MR) is 110 cm³/mol. The molecule has 0 saturated carbocycles. The maximum atomic E-state index is 12.6. The second-order valence-corrected chi connectivity index (χ2v) is 6.66. The number of ether oxygens (including phenoxy) is 1. The minimum atomic E-state index is -0.562. The van der Waals surface area contributed by atoms with Crippen LogP contribution in [0.2, 0.25) is 0 Å². The molecule has 30 heavy (non-hydrogen) atoms. The van der Waals surface area contributed by atoms with Crippen molar-refractivity contribution in [3.8, 4) is 11.3 Å². The predicted octanol–water partition coefficient (Wildman–Crippen LogP) is 2.53. The number of esters is 1. The average molecular weight is 409 g/mol. The molecular weight excluding hydrogens is 386 g/mol. The molecule has 0 aliphatic heterocycles. The van der Waals surface area contributed by atoms with Crippen LogP contribution in [0.15, 0.2) is 36.4 Å². The Bertz CT molecular complexity index is 1070. The van der Waals surface area contributed by atoms with E-state index in [4.69, 9.17) is 4.74 Å². The molecule has 0 fully saturated rings. The molecule has 156 valence electrons. The van der Waals surface area contributed by atoms with E-state index in [2.05, 4.69) is 26.0 Å². The van der Waals surface area contributed by atoms with Crippen molar-refractivity contribution in [1.82, 2.24) is 26.0 Å². The molecule has 1 aromatic carbocycles. The lowest BCUT2D eigenvalue weighted by molar-refractivity contribution is 0.0598. The summed E-state index contributed by atoms with van der Waals surface area (Å²) < 4.78 is 4.82. The molecule has 0 aliphatic carbocycles. The van der Waals surface area contributed by atoms with Crippen LogP contribution >= 0.6 is 0 Å². The quantitative estimate of drug-likeness (QED) is 0.367. The summed E-state index contributed by atoms with van der Waals surface area (Å²) in [6, 6.07) is 11.0. The van der Waals surface area contributed by atoms with Crippen molar-refractivity contribution >= 4 is 17.8 Å². The first kappa shape index (κ1) is 20.8. The van der Waals surface area contributed by atoms with Crippen molar-refractivity contribution in [2.45, 2.75) is 26.7 Å². The Balaban J connectivity index is 1.72. The number of amides is 2. The first-order valence-electron chi connectivity index (χ1n) is 9.47. The number of carbonyl (C=O) groups is 3. The van der Waals surface area contributed by atoms with Crippen LogP contribution in [0.1, 0.15) is 55.9 Å². The van der Waals surface area contributed by atoms with E-state index in [9.17, 15) is 14.4 Å². The standard InChI is InChI=1S/C21H23N5O4/c1-4-8-14-17(21(29)30-3)12(2)22-18(14)20(28)26-25-19(27)16-11-15(23-24-16)13-9-6-5-7-10-13/h5-7,9-11,22H,4,8H2,1-3H3,(H,23,24)(H,25,27)(H,26,28). The molecule has 0 radical (unpaired) electrons. The lowest BCUT2D eigenvalue weighted by atomic mass is 10.0. The zero-order chi connectivity index (χ0) is 21.7. The number of nitrogens with zero attached hydrogens (tertiary/aromatic N) is 1. The Morgan fingerprint density at radius 2 is 1.80 bits per heavy atom. The summed E-state index contributed by atoms with van der Waals surface area (Å²) in [6.45, 7) is 3.63. The van der Waals surface area contributed by atoms with E-state index in [0.717, 1.165) is 12.0 Å². The number of nitrogens with one attached hydrogen (secondary N) is 4. The van der Waals surface area contributed by atoms with Gasteiger partial charge >= 0.3 is 5.97 Å². The Kier molecular flexibility index (Phi) is 6.31. The molecule has 3 aromatic rings. The Labute approximate surface area is 173 Å². The number of aromatic nitrogens is 3. The van der Waals surface area contributed by atoms with Crippen molar-refractivity contribution < 1.29 is 19.1 Å². The van der Waals surface area contributed by atoms with Gasteiger partial charge in [-0.15, -0.1) is 0 Å². The second-order valence-electron chi connectivity index (χ2n) is 6.66. The van der Waals surface area contributed by atoms with Crippen LogP contribution in [-0.2, 0) is 11.2 Å². The highest BCUT2D eigenvalue weighted by Gasteiger charge is 2.25. The molecule has 3 rings (SSSR count). The fourth-order valence-corrected chi connectivity index (χ4v) is 3.19. The van der Waals surface area contributed by atoms with E-state index in [-0.39, 0.29) is 11.4 Å². The zero-order valence-electron chi connectivity index (χ0n) is 17.0. The topological polar surface area (TPSA) is 129 Å². The minimum Gasteiger partial charge on any atom is -0.465 e. The van der Waals surface area contributed by atoms with Crippen molar-refractivity contribution in [1.29, 1.82) is 0 Å². The summed E-state index contributed by atoms with van der Waals surface area (Å²) in [5, 5.41) is 6.77. The Morgan fingerprint density at radius 3 is 2.47 bits per heavy atom. The van der Waals surface area contributed by atoms with E-state index in [1.54, 1.807) is 13.0 Å². The van der Waals surface area contributed by atoms with E-state index < -0.39 is 17.8 Å². The van der Waals surface area contributed by atoms with E-state index >= 15 is 0 Å². The molecule has 9 nitrogen and oxygen atoms in total. The molecule has 0 atom stereocenters. The van der Waals surface area contributed by atoms with Crippen molar-refractivity contribution in [3.63, 3.8) is 0 Å². The summed E-state index contributed by atoms with van der Waals surface area (Å²) in [7, 11) is 1.29. The molecule has 0 bridgehead atoms. The van der Waals surface area contributed by atoms with Crippen LogP contribution in [0, 0.1) is 6.92 Å². The fraction of sp³-hybridized carbons (Fsp3) is 0.238. The molecule has 4 N–H and O–H groups in total. The first-order valence-corrected chi connectivity index (χ1v) is 9.47. The normalized spacial score (nSPS) is 10.5. The Hall–Kier alpha value is -3.88. The lowest BCUT2D eigenvalue weighted by Crippen LogP contribution is -2.42. The summed E-state index contributed by atoms with van der Waals surface area (Å²) in [6.07, 6.45) is 1.23. The smallest absolute Gasteiger partial charge is 0.339 e. The first-order chi connectivity index (χ1) is 14.5. The number of hydrogen-bond acceptors (Lipinski definition) is 5.